The molecule has 1 atom stereocenters. The zero-order valence-electron chi connectivity index (χ0n) is 10.6. The van der Waals surface area contributed by atoms with Gasteiger partial charge in [0.05, 0.1) is 27.9 Å². The molecule has 1 unspecified atom stereocenters. The number of aliphatic carboxylic acids is 1. The van der Waals surface area contributed by atoms with Gasteiger partial charge in [-0.25, -0.2) is 9.37 Å². The zero-order chi connectivity index (χ0) is 14.9. The number of hydrogen-bond donors (Lipinski definition) is 1. The number of carbonyl (C=O) groups is 1. The quantitative estimate of drug-likeness (QED) is 0.674. The van der Waals surface area contributed by atoms with Crippen LogP contribution in [0.5, 0.6) is 0 Å². The second kappa shape index (κ2) is 5.85. The van der Waals surface area contributed by atoms with Gasteiger partial charge in [-0.05, 0) is 13.0 Å². The van der Waals surface area contributed by atoms with E-state index in [-0.39, 0.29) is 16.8 Å². The number of thioether (sulfide) groups is 1. The molecule has 0 saturated heterocycles. The Morgan fingerprint density at radius 3 is 3.00 bits per heavy atom. The second-order valence-electron chi connectivity index (χ2n) is 4.18. The van der Waals surface area contributed by atoms with Crippen LogP contribution in [0.3, 0.4) is 0 Å². The van der Waals surface area contributed by atoms with Crippen LogP contribution in [-0.4, -0.2) is 26.4 Å². The van der Waals surface area contributed by atoms with Crippen LogP contribution in [0.1, 0.15) is 13.0 Å². The van der Waals surface area contributed by atoms with Crippen LogP contribution >= 0.6 is 23.4 Å². The molecule has 0 aliphatic heterocycles. The minimum Gasteiger partial charge on any atom is -0.481 e. The van der Waals surface area contributed by atoms with Crippen LogP contribution in [0.15, 0.2) is 29.9 Å². The Labute approximate surface area is 124 Å². The molecule has 0 aliphatic carbocycles. The number of halogens is 2. The number of nitrogens with zero attached hydrogens (tertiary/aromatic N) is 2. The molecule has 106 valence electrons. The first-order valence-corrected chi connectivity index (χ1v) is 7.14. The molecule has 20 heavy (non-hydrogen) atoms. The summed E-state index contributed by atoms with van der Waals surface area (Å²) in [5.74, 6) is -1.60. The Balaban J connectivity index is 2.60. The van der Waals surface area contributed by atoms with Gasteiger partial charge < -0.3 is 9.67 Å². The molecular weight excluding hydrogens is 303 g/mol. The van der Waals surface area contributed by atoms with Gasteiger partial charge in [0.1, 0.15) is 5.82 Å². The fraction of sp³-hybridized carbons (Fsp3) is 0.231. The van der Waals surface area contributed by atoms with Crippen molar-refractivity contribution in [2.75, 3.05) is 5.75 Å². The molecule has 0 saturated carbocycles. The number of imidazole rings is 1. The number of carboxylic acid groups (broad SMARTS) is 1. The Bertz CT molecular complexity index is 687. The van der Waals surface area contributed by atoms with Crippen LogP contribution in [0.2, 0.25) is 5.02 Å². The fourth-order valence-electron chi connectivity index (χ4n) is 1.80. The van der Waals surface area contributed by atoms with Gasteiger partial charge in [0.15, 0.2) is 5.16 Å². The van der Waals surface area contributed by atoms with Crippen molar-refractivity contribution in [3.63, 3.8) is 0 Å². The van der Waals surface area contributed by atoms with Crippen molar-refractivity contribution in [3.8, 4) is 0 Å². The van der Waals surface area contributed by atoms with E-state index in [9.17, 15) is 9.18 Å². The monoisotopic (exact) mass is 314 g/mol. The Kier molecular flexibility index (Phi) is 4.35. The van der Waals surface area contributed by atoms with Gasteiger partial charge in [-0.2, -0.15) is 0 Å². The maximum absolute atomic E-state index is 13.6. The summed E-state index contributed by atoms with van der Waals surface area (Å²) in [6, 6.07) is 2.59. The van der Waals surface area contributed by atoms with Crippen molar-refractivity contribution < 1.29 is 14.3 Å². The number of hydrogen-bond acceptors (Lipinski definition) is 3. The standard InChI is InChI=1S/C13H12ClFN2O2S/c1-3-7(2)17-11-5-9(15)8(14)4-10(11)16-13(17)20-6-12(18)19/h3-5,7H,1,6H2,2H3,(H,18,19). The third-order valence-electron chi connectivity index (χ3n) is 2.77. The molecule has 2 aromatic rings. The molecule has 2 rings (SSSR count). The van der Waals surface area contributed by atoms with E-state index in [1.165, 1.54) is 12.1 Å². The molecule has 7 heteroatoms. The smallest absolute Gasteiger partial charge is 0.313 e. The number of rotatable bonds is 5. The maximum Gasteiger partial charge on any atom is 0.313 e. The molecule has 1 aromatic heterocycles. The van der Waals surface area contributed by atoms with Crippen LogP contribution < -0.4 is 0 Å². The summed E-state index contributed by atoms with van der Waals surface area (Å²) in [6.45, 7) is 5.57. The summed E-state index contributed by atoms with van der Waals surface area (Å²) in [6.07, 6.45) is 1.68. The molecule has 0 amide bonds. The lowest BCUT2D eigenvalue weighted by molar-refractivity contribution is -0.133. The molecule has 1 aromatic carbocycles. The van der Waals surface area contributed by atoms with Gasteiger partial charge in [-0.1, -0.05) is 29.4 Å². The van der Waals surface area contributed by atoms with Gasteiger partial charge in [0.25, 0.3) is 0 Å². The van der Waals surface area contributed by atoms with Crippen molar-refractivity contribution in [1.29, 1.82) is 0 Å². The van der Waals surface area contributed by atoms with Gasteiger partial charge in [-0.15, -0.1) is 6.58 Å². The predicted octanol–water partition coefficient (Wildman–Crippen LogP) is 3.75. The van der Waals surface area contributed by atoms with Crippen molar-refractivity contribution in [2.45, 2.75) is 18.1 Å². The van der Waals surface area contributed by atoms with E-state index >= 15 is 0 Å². The normalized spacial score (nSPS) is 12.6. The minimum absolute atomic E-state index is 0.0109. The van der Waals surface area contributed by atoms with Gasteiger partial charge in [0.2, 0.25) is 0 Å². The van der Waals surface area contributed by atoms with E-state index in [1.807, 2.05) is 6.92 Å². The largest absolute Gasteiger partial charge is 0.481 e. The van der Waals surface area contributed by atoms with E-state index in [0.717, 1.165) is 11.8 Å². The first kappa shape index (κ1) is 14.9. The first-order chi connectivity index (χ1) is 9.43. The molecule has 0 aliphatic rings. The summed E-state index contributed by atoms with van der Waals surface area (Å²) in [4.78, 5) is 15.0. The lowest BCUT2D eigenvalue weighted by Gasteiger charge is -2.13. The Hall–Kier alpha value is -1.53. The van der Waals surface area contributed by atoms with Crippen LogP contribution in [-0.2, 0) is 4.79 Å². The summed E-state index contributed by atoms with van der Waals surface area (Å²) in [5.41, 5.74) is 1.09. The summed E-state index contributed by atoms with van der Waals surface area (Å²) in [7, 11) is 0. The summed E-state index contributed by atoms with van der Waals surface area (Å²) >= 11 is 6.82. The minimum atomic E-state index is -0.941. The second-order valence-corrected chi connectivity index (χ2v) is 5.53. The molecule has 0 fully saturated rings. The van der Waals surface area contributed by atoms with Gasteiger partial charge in [0, 0.05) is 6.07 Å². The maximum atomic E-state index is 13.6. The highest BCUT2D eigenvalue weighted by molar-refractivity contribution is 7.99. The van der Waals surface area contributed by atoms with Crippen molar-refractivity contribution >= 4 is 40.4 Å². The molecule has 0 bridgehead atoms. The number of carboxylic acids is 1. The van der Waals surface area contributed by atoms with E-state index in [4.69, 9.17) is 16.7 Å². The van der Waals surface area contributed by atoms with Crippen molar-refractivity contribution in [2.24, 2.45) is 0 Å². The van der Waals surface area contributed by atoms with E-state index in [1.54, 1.807) is 10.6 Å². The average Bonchev–Trinajstić information content (AvgIpc) is 2.73. The number of aromatic nitrogens is 2. The molecule has 1 heterocycles. The van der Waals surface area contributed by atoms with E-state index in [0.29, 0.717) is 16.2 Å². The van der Waals surface area contributed by atoms with Crippen LogP contribution in [0.25, 0.3) is 11.0 Å². The molecule has 0 spiro atoms. The van der Waals surface area contributed by atoms with Crippen LogP contribution in [0, 0.1) is 5.82 Å². The summed E-state index contributed by atoms with van der Waals surface area (Å²) in [5, 5.41) is 9.25. The van der Waals surface area contributed by atoms with Gasteiger partial charge in [-0.3, -0.25) is 4.79 Å². The van der Waals surface area contributed by atoms with E-state index in [2.05, 4.69) is 11.6 Å². The zero-order valence-corrected chi connectivity index (χ0v) is 12.2. The average molecular weight is 315 g/mol. The highest BCUT2D eigenvalue weighted by atomic mass is 35.5. The first-order valence-electron chi connectivity index (χ1n) is 5.78. The number of fused-ring (bicyclic) bond motifs is 1. The lowest BCUT2D eigenvalue weighted by Crippen LogP contribution is -2.06. The summed E-state index contributed by atoms with van der Waals surface area (Å²) < 4.78 is 15.4. The molecular formula is C13H12ClFN2O2S. The highest BCUT2D eigenvalue weighted by Crippen LogP contribution is 2.31. The topological polar surface area (TPSA) is 55.1 Å². The Morgan fingerprint density at radius 2 is 2.40 bits per heavy atom. The predicted molar refractivity (Wildman–Crippen MR) is 78.0 cm³/mol. The fourth-order valence-corrected chi connectivity index (χ4v) is 2.77. The van der Waals surface area contributed by atoms with E-state index < -0.39 is 11.8 Å². The Morgan fingerprint density at radius 1 is 1.70 bits per heavy atom. The highest BCUT2D eigenvalue weighted by Gasteiger charge is 2.17. The third-order valence-corrected chi connectivity index (χ3v) is 4.00. The van der Waals surface area contributed by atoms with Crippen LogP contribution in [0.4, 0.5) is 4.39 Å². The number of allylic oxidation sites excluding steroid dienone is 1. The molecule has 1 N–H and O–H groups in total. The number of benzene rings is 1. The van der Waals surface area contributed by atoms with Gasteiger partial charge >= 0.3 is 5.97 Å². The molecule has 4 nitrogen and oxygen atoms in total. The van der Waals surface area contributed by atoms with Crippen molar-refractivity contribution in [3.05, 3.63) is 35.6 Å². The molecule has 0 radical (unpaired) electrons. The van der Waals surface area contributed by atoms with Crippen molar-refractivity contribution in [1.82, 2.24) is 9.55 Å². The third kappa shape index (κ3) is 2.81. The SMILES string of the molecule is C=CC(C)n1c(SCC(=O)O)nc2cc(Cl)c(F)cc21. The lowest BCUT2D eigenvalue weighted by atomic mass is 10.2.